The quantitative estimate of drug-likeness (QED) is 0.725. The summed E-state index contributed by atoms with van der Waals surface area (Å²) in [5.74, 6) is 0. The largest absolute Gasteiger partial charge is 0.438 e. The van der Waals surface area contributed by atoms with Gasteiger partial charge in [0.05, 0.1) is 0 Å². The number of para-hydroxylation sites is 1. The molecule has 27 heavy (non-hydrogen) atoms. The van der Waals surface area contributed by atoms with Crippen LogP contribution in [0.4, 0.5) is 4.79 Å². The molecular formula is C22H30N2O3. The summed E-state index contributed by atoms with van der Waals surface area (Å²) >= 11 is 0. The van der Waals surface area contributed by atoms with Gasteiger partial charge in [0.2, 0.25) is 0 Å². The lowest BCUT2D eigenvalue weighted by Gasteiger charge is -2.37. The topological polar surface area (TPSA) is 65.6 Å². The molecule has 0 saturated carbocycles. The normalized spacial score (nSPS) is 25.1. The van der Waals surface area contributed by atoms with Crippen LogP contribution in [0.15, 0.2) is 35.9 Å². The summed E-state index contributed by atoms with van der Waals surface area (Å²) < 4.78 is 5.65. The molecule has 1 aliphatic rings. The number of aromatic amines is 1. The number of carbonyl (C=O) groups excluding carboxylic acids is 1. The first kappa shape index (κ1) is 19.5. The number of allylic oxidation sites excluding steroid dienone is 2. The number of carbonyl (C=O) groups is 1. The number of hydrogen-bond donors (Lipinski definition) is 2. The first-order valence-electron chi connectivity index (χ1n) is 9.58. The SMILES string of the molecule is CC(C)=CCC[C@]1(C)OC(=O)N(CCc2c(C)[nH]c3ccccc23)[C@@]1(C)O. The van der Waals surface area contributed by atoms with Gasteiger partial charge < -0.3 is 14.8 Å². The molecule has 2 aromatic rings. The second-order valence-electron chi connectivity index (χ2n) is 8.12. The van der Waals surface area contributed by atoms with Gasteiger partial charge in [0.1, 0.15) is 0 Å². The molecule has 0 unspecified atom stereocenters. The van der Waals surface area contributed by atoms with Crippen molar-refractivity contribution in [3.63, 3.8) is 0 Å². The van der Waals surface area contributed by atoms with E-state index in [1.165, 1.54) is 16.0 Å². The monoisotopic (exact) mass is 370 g/mol. The van der Waals surface area contributed by atoms with E-state index in [0.717, 1.165) is 23.0 Å². The Morgan fingerprint density at radius 2 is 2.00 bits per heavy atom. The summed E-state index contributed by atoms with van der Waals surface area (Å²) in [5, 5.41) is 12.3. The number of aryl methyl sites for hydroxylation is 1. The number of ether oxygens (including phenoxy) is 1. The van der Waals surface area contributed by atoms with Gasteiger partial charge in [-0.15, -0.1) is 0 Å². The minimum absolute atomic E-state index is 0.409. The molecule has 3 rings (SSSR count). The molecule has 0 spiro atoms. The van der Waals surface area contributed by atoms with Gasteiger partial charge in [0, 0.05) is 23.1 Å². The van der Waals surface area contributed by atoms with Crippen molar-refractivity contribution in [2.24, 2.45) is 0 Å². The average Bonchev–Trinajstić information content (AvgIpc) is 2.97. The Labute approximate surface area is 161 Å². The number of benzene rings is 1. The first-order chi connectivity index (χ1) is 12.7. The molecule has 146 valence electrons. The summed E-state index contributed by atoms with van der Waals surface area (Å²) in [6.45, 7) is 10.0. The van der Waals surface area contributed by atoms with Crippen LogP contribution in [0.2, 0.25) is 0 Å². The van der Waals surface area contributed by atoms with Crippen LogP contribution in [-0.4, -0.2) is 39.0 Å². The minimum atomic E-state index is -1.35. The van der Waals surface area contributed by atoms with Crippen LogP contribution in [0.1, 0.15) is 51.8 Å². The molecule has 1 saturated heterocycles. The van der Waals surface area contributed by atoms with Crippen LogP contribution in [0.3, 0.4) is 0 Å². The molecule has 0 aliphatic carbocycles. The van der Waals surface area contributed by atoms with E-state index in [2.05, 4.69) is 17.1 Å². The molecule has 2 atom stereocenters. The molecule has 0 bridgehead atoms. The maximum Gasteiger partial charge on any atom is 0.412 e. The van der Waals surface area contributed by atoms with Crippen LogP contribution in [0, 0.1) is 6.92 Å². The summed E-state index contributed by atoms with van der Waals surface area (Å²) in [6, 6.07) is 8.15. The van der Waals surface area contributed by atoms with E-state index in [0.29, 0.717) is 19.4 Å². The number of fused-ring (bicyclic) bond motifs is 1. The van der Waals surface area contributed by atoms with Crippen molar-refractivity contribution in [2.75, 3.05) is 6.54 Å². The molecule has 1 aromatic carbocycles. The molecular weight excluding hydrogens is 340 g/mol. The second kappa shape index (κ2) is 7.04. The van der Waals surface area contributed by atoms with Crippen LogP contribution in [0.25, 0.3) is 10.9 Å². The highest BCUT2D eigenvalue weighted by molar-refractivity contribution is 5.84. The molecule has 1 amide bonds. The number of amides is 1. The predicted octanol–water partition coefficient (Wildman–Crippen LogP) is 4.68. The number of nitrogens with one attached hydrogen (secondary N) is 1. The van der Waals surface area contributed by atoms with Crippen molar-refractivity contribution in [1.82, 2.24) is 9.88 Å². The van der Waals surface area contributed by atoms with E-state index < -0.39 is 17.4 Å². The summed E-state index contributed by atoms with van der Waals surface area (Å²) in [6.07, 6.45) is 3.66. The van der Waals surface area contributed by atoms with Gasteiger partial charge in [0.15, 0.2) is 11.3 Å². The average molecular weight is 370 g/mol. The van der Waals surface area contributed by atoms with Gasteiger partial charge in [-0.1, -0.05) is 29.8 Å². The summed E-state index contributed by atoms with van der Waals surface area (Å²) in [7, 11) is 0. The molecule has 2 heterocycles. The number of cyclic esters (lactones) is 1. The van der Waals surface area contributed by atoms with Crippen LogP contribution in [0.5, 0.6) is 0 Å². The Hall–Kier alpha value is -2.27. The lowest BCUT2D eigenvalue weighted by Crippen LogP contribution is -2.55. The van der Waals surface area contributed by atoms with E-state index in [4.69, 9.17) is 4.74 Å². The molecule has 5 nitrogen and oxygen atoms in total. The third-order valence-corrected chi connectivity index (χ3v) is 5.85. The van der Waals surface area contributed by atoms with Gasteiger partial charge >= 0.3 is 6.09 Å². The van der Waals surface area contributed by atoms with E-state index in [9.17, 15) is 9.90 Å². The zero-order chi connectivity index (χ0) is 19.8. The van der Waals surface area contributed by atoms with Crippen LogP contribution in [-0.2, 0) is 11.2 Å². The number of aliphatic hydroxyl groups is 1. The highest BCUT2D eigenvalue weighted by atomic mass is 16.6. The smallest absolute Gasteiger partial charge is 0.412 e. The Kier molecular flexibility index (Phi) is 5.08. The Bertz CT molecular complexity index is 877. The Balaban J connectivity index is 1.77. The molecule has 2 N–H and O–H groups in total. The van der Waals surface area contributed by atoms with E-state index in [1.54, 1.807) is 6.92 Å². The first-order valence-corrected chi connectivity index (χ1v) is 9.58. The van der Waals surface area contributed by atoms with Crippen LogP contribution >= 0.6 is 0 Å². The zero-order valence-electron chi connectivity index (χ0n) is 16.9. The molecule has 5 heteroatoms. The third kappa shape index (κ3) is 3.48. The molecule has 1 fully saturated rings. The zero-order valence-corrected chi connectivity index (χ0v) is 16.9. The maximum atomic E-state index is 12.5. The minimum Gasteiger partial charge on any atom is -0.438 e. The number of hydrogen-bond acceptors (Lipinski definition) is 3. The maximum absolute atomic E-state index is 12.5. The van der Waals surface area contributed by atoms with Crippen molar-refractivity contribution < 1.29 is 14.6 Å². The predicted molar refractivity (Wildman–Crippen MR) is 108 cm³/mol. The van der Waals surface area contributed by atoms with Crippen molar-refractivity contribution in [2.45, 2.75) is 65.2 Å². The second-order valence-corrected chi connectivity index (χ2v) is 8.12. The molecule has 1 aliphatic heterocycles. The van der Waals surface area contributed by atoms with Gasteiger partial charge in [-0.25, -0.2) is 4.79 Å². The fourth-order valence-corrected chi connectivity index (χ4v) is 3.92. The van der Waals surface area contributed by atoms with E-state index in [-0.39, 0.29) is 0 Å². The van der Waals surface area contributed by atoms with E-state index >= 15 is 0 Å². The lowest BCUT2D eigenvalue weighted by atomic mass is 9.88. The summed E-state index contributed by atoms with van der Waals surface area (Å²) in [4.78, 5) is 17.4. The van der Waals surface area contributed by atoms with Gasteiger partial charge in [0.25, 0.3) is 0 Å². The Morgan fingerprint density at radius 1 is 1.30 bits per heavy atom. The van der Waals surface area contributed by atoms with Gasteiger partial charge in [-0.2, -0.15) is 0 Å². The van der Waals surface area contributed by atoms with Crippen molar-refractivity contribution in [3.05, 3.63) is 47.2 Å². The van der Waals surface area contributed by atoms with Crippen molar-refractivity contribution in [1.29, 1.82) is 0 Å². The number of H-pyrrole nitrogens is 1. The fourth-order valence-electron chi connectivity index (χ4n) is 3.92. The highest BCUT2D eigenvalue weighted by Gasteiger charge is 2.58. The van der Waals surface area contributed by atoms with Crippen LogP contribution < -0.4 is 0 Å². The third-order valence-electron chi connectivity index (χ3n) is 5.85. The highest BCUT2D eigenvalue weighted by Crippen LogP contribution is 2.41. The fraction of sp³-hybridized carbons (Fsp3) is 0.500. The number of rotatable bonds is 6. The lowest BCUT2D eigenvalue weighted by molar-refractivity contribution is -0.138. The number of nitrogens with zero attached hydrogens (tertiary/aromatic N) is 1. The number of aromatic nitrogens is 1. The van der Waals surface area contributed by atoms with Crippen molar-refractivity contribution in [3.8, 4) is 0 Å². The Morgan fingerprint density at radius 3 is 2.70 bits per heavy atom. The van der Waals surface area contributed by atoms with E-state index in [1.807, 2.05) is 45.9 Å². The summed E-state index contributed by atoms with van der Waals surface area (Å²) in [5.41, 5.74) is 2.30. The molecule has 1 aromatic heterocycles. The van der Waals surface area contributed by atoms with Gasteiger partial charge in [-0.3, -0.25) is 4.90 Å². The van der Waals surface area contributed by atoms with Crippen molar-refractivity contribution >= 4 is 17.0 Å². The standard InChI is InChI=1S/C22H30N2O3/c1-15(2)9-8-13-21(4)22(5,26)24(20(25)27-21)14-12-17-16(3)23-19-11-7-6-10-18(17)19/h6-7,9-11,23,26H,8,12-14H2,1-5H3/t21-,22-/m0/s1. The van der Waals surface area contributed by atoms with Gasteiger partial charge in [-0.05, 0) is 65.5 Å². The molecule has 0 radical (unpaired) electrons.